The van der Waals surface area contributed by atoms with Gasteiger partial charge in [-0.2, -0.15) is 0 Å². The number of aromatic nitrogens is 1. The van der Waals surface area contributed by atoms with Gasteiger partial charge in [0, 0.05) is 25.2 Å². The topological polar surface area (TPSA) is 36.1 Å². The minimum atomic E-state index is 0.0149. The summed E-state index contributed by atoms with van der Waals surface area (Å²) in [6.07, 6.45) is 1.85. The molecule has 0 aliphatic heterocycles. The number of benzene rings is 1. The number of para-hydroxylation sites is 1. The normalized spacial score (nSPS) is 10.5. The lowest BCUT2D eigenvalue weighted by atomic mass is 10.1. The molecule has 0 saturated heterocycles. The largest absolute Gasteiger partial charge is 0.361 e. The minimum absolute atomic E-state index is 0.0149. The van der Waals surface area contributed by atoms with E-state index < -0.39 is 0 Å². The maximum atomic E-state index is 12.3. The van der Waals surface area contributed by atoms with Crippen LogP contribution in [-0.2, 0) is 0 Å². The van der Waals surface area contributed by atoms with Crippen LogP contribution in [0.5, 0.6) is 0 Å². The second-order valence-electron chi connectivity index (χ2n) is 4.37. The van der Waals surface area contributed by atoms with E-state index in [2.05, 4.69) is 11.6 Å². The van der Waals surface area contributed by atoms with Crippen molar-refractivity contribution in [2.45, 2.75) is 6.92 Å². The van der Waals surface area contributed by atoms with Crippen molar-refractivity contribution in [1.82, 2.24) is 9.88 Å². The zero-order valence-corrected chi connectivity index (χ0v) is 10.2. The fourth-order valence-electron chi connectivity index (χ4n) is 1.95. The monoisotopic (exact) mass is 228 g/mol. The van der Waals surface area contributed by atoms with Gasteiger partial charge in [0.05, 0.1) is 11.1 Å². The van der Waals surface area contributed by atoms with Crippen LogP contribution in [0.25, 0.3) is 10.9 Å². The van der Waals surface area contributed by atoms with Gasteiger partial charge in [0.2, 0.25) is 0 Å². The number of H-pyrrole nitrogens is 1. The highest BCUT2D eigenvalue weighted by molar-refractivity contribution is 6.05. The van der Waals surface area contributed by atoms with Gasteiger partial charge in [-0.3, -0.25) is 4.79 Å². The molecule has 88 valence electrons. The fraction of sp³-hybridized carbons (Fsp3) is 0.214. The quantitative estimate of drug-likeness (QED) is 0.806. The highest BCUT2D eigenvalue weighted by atomic mass is 16.2. The molecule has 17 heavy (non-hydrogen) atoms. The molecule has 0 saturated carbocycles. The maximum absolute atomic E-state index is 12.3. The number of likely N-dealkylation sites (N-methyl/N-ethyl adjacent to an activating group) is 1. The van der Waals surface area contributed by atoms with Crippen molar-refractivity contribution in [3.8, 4) is 0 Å². The Labute approximate surface area is 101 Å². The summed E-state index contributed by atoms with van der Waals surface area (Å²) in [6.45, 7) is 6.32. The van der Waals surface area contributed by atoms with Gasteiger partial charge in [-0.25, -0.2) is 0 Å². The van der Waals surface area contributed by atoms with E-state index in [-0.39, 0.29) is 5.91 Å². The van der Waals surface area contributed by atoms with E-state index in [1.807, 2.05) is 37.4 Å². The van der Waals surface area contributed by atoms with E-state index in [1.54, 1.807) is 11.9 Å². The Bertz CT molecular complexity index is 568. The first-order valence-electron chi connectivity index (χ1n) is 5.55. The smallest absolute Gasteiger partial charge is 0.256 e. The van der Waals surface area contributed by atoms with Crippen LogP contribution in [0.3, 0.4) is 0 Å². The maximum Gasteiger partial charge on any atom is 0.256 e. The van der Waals surface area contributed by atoms with Gasteiger partial charge in [-0.1, -0.05) is 24.3 Å². The second-order valence-corrected chi connectivity index (χ2v) is 4.37. The molecule has 0 radical (unpaired) electrons. The molecule has 1 aromatic carbocycles. The lowest BCUT2D eigenvalue weighted by Crippen LogP contribution is -2.28. The van der Waals surface area contributed by atoms with Crippen molar-refractivity contribution in [1.29, 1.82) is 0 Å². The number of amides is 1. The van der Waals surface area contributed by atoms with Crippen LogP contribution in [0.15, 0.2) is 42.6 Å². The fourth-order valence-corrected chi connectivity index (χ4v) is 1.95. The van der Waals surface area contributed by atoms with Crippen LogP contribution < -0.4 is 0 Å². The van der Waals surface area contributed by atoms with Crippen LogP contribution in [0, 0.1) is 0 Å². The Hall–Kier alpha value is -2.03. The molecule has 0 spiro atoms. The molecular formula is C14H16N2O. The standard InChI is InChI=1S/C14H16N2O/c1-10(2)9-16(3)14(17)12-6-4-5-11-7-8-15-13(11)12/h4-8,15H,1,9H2,2-3H3. The summed E-state index contributed by atoms with van der Waals surface area (Å²) in [6, 6.07) is 7.69. The molecule has 1 amide bonds. The van der Waals surface area contributed by atoms with E-state index >= 15 is 0 Å². The van der Waals surface area contributed by atoms with Crippen LogP contribution >= 0.6 is 0 Å². The van der Waals surface area contributed by atoms with Crippen molar-refractivity contribution < 1.29 is 4.79 Å². The summed E-state index contributed by atoms with van der Waals surface area (Å²) < 4.78 is 0. The first-order chi connectivity index (χ1) is 8.09. The summed E-state index contributed by atoms with van der Waals surface area (Å²) in [5.74, 6) is 0.0149. The number of carbonyl (C=O) groups excluding carboxylic acids is 1. The molecule has 2 aromatic rings. The number of hydrogen-bond acceptors (Lipinski definition) is 1. The number of hydrogen-bond donors (Lipinski definition) is 1. The third-order valence-electron chi connectivity index (χ3n) is 2.67. The summed E-state index contributed by atoms with van der Waals surface area (Å²) >= 11 is 0. The summed E-state index contributed by atoms with van der Waals surface area (Å²) in [4.78, 5) is 17.0. The molecule has 0 aliphatic carbocycles. The Kier molecular flexibility index (Phi) is 3.00. The molecule has 3 nitrogen and oxygen atoms in total. The van der Waals surface area contributed by atoms with Crippen molar-refractivity contribution in [3.63, 3.8) is 0 Å². The lowest BCUT2D eigenvalue weighted by Gasteiger charge is -2.17. The summed E-state index contributed by atoms with van der Waals surface area (Å²) in [5.41, 5.74) is 2.57. The van der Waals surface area contributed by atoms with Gasteiger partial charge < -0.3 is 9.88 Å². The number of rotatable bonds is 3. The molecule has 0 bridgehead atoms. The molecule has 1 aromatic heterocycles. The molecule has 1 heterocycles. The van der Waals surface area contributed by atoms with Crippen molar-refractivity contribution in [2.75, 3.05) is 13.6 Å². The predicted octanol–water partition coefficient (Wildman–Crippen LogP) is 2.82. The highest BCUT2D eigenvalue weighted by Crippen LogP contribution is 2.18. The molecule has 0 unspecified atom stereocenters. The van der Waals surface area contributed by atoms with Gasteiger partial charge in [-0.05, 0) is 19.1 Å². The van der Waals surface area contributed by atoms with Gasteiger partial charge in [0.1, 0.15) is 0 Å². The average molecular weight is 228 g/mol. The zero-order chi connectivity index (χ0) is 12.4. The first-order valence-corrected chi connectivity index (χ1v) is 5.55. The van der Waals surface area contributed by atoms with Crippen molar-refractivity contribution >= 4 is 16.8 Å². The summed E-state index contributed by atoms with van der Waals surface area (Å²) in [7, 11) is 1.79. The number of carbonyl (C=O) groups is 1. The Morgan fingerprint density at radius 2 is 2.18 bits per heavy atom. The number of fused-ring (bicyclic) bond motifs is 1. The number of nitrogens with one attached hydrogen (secondary N) is 1. The van der Waals surface area contributed by atoms with Crippen LogP contribution in [0.1, 0.15) is 17.3 Å². The lowest BCUT2D eigenvalue weighted by molar-refractivity contribution is 0.0808. The minimum Gasteiger partial charge on any atom is -0.361 e. The summed E-state index contributed by atoms with van der Waals surface area (Å²) in [5, 5.41) is 1.06. The molecule has 0 fully saturated rings. The van der Waals surface area contributed by atoms with Crippen molar-refractivity contribution in [2.24, 2.45) is 0 Å². The molecule has 0 atom stereocenters. The molecular weight excluding hydrogens is 212 g/mol. The average Bonchev–Trinajstić information content (AvgIpc) is 2.74. The van der Waals surface area contributed by atoms with E-state index in [1.165, 1.54) is 0 Å². The van der Waals surface area contributed by atoms with E-state index in [4.69, 9.17) is 0 Å². The van der Waals surface area contributed by atoms with Gasteiger partial charge in [0.25, 0.3) is 5.91 Å². The Balaban J connectivity index is 2.36. The van der Waals surface area contributed by atoms with Crippen LogP contribution in [0.4, 0.5) is 0 Å². The van der Waals surface area contributed by atoms with Crippen LogP contribution in [0.2, 0.25) is 0 Å². The molecule has 1 N–H and O–H groups in total. The highest BCUT2D eigenvalue weighted by Gasteiger charge is 2.14. The van der Waals surface area contributed by atoms with E-state index in [0.717, 1.165) is 16.5 Å². The second kappa shape index (κ2) is 4.45. The van der Waals surface area contributed by atoms with Crippen LogP contribution in [-0.4, -0.2) is 29.4 Å². The van der Waals surface area contributed by atoms with Gasteiger partial charge >= 0.3 is 0 Å². The molecule has 0 aliphatic rings. The van der Waals surface area contributed by atoms with Crippen molar-refractivity contribution in [3.05, 3.63) is 48.2 Å². The first kappa shape index (κ1) is 11.5. The molecule has 3 heteroatoms. The Morgan fingerprint density at radius 1 is 1.41 bits per heavy atom. The number of nitrogens with zero attached hydrogens (tertiary/aromatic N) is 1. The number of aromatic amines is 1. The van der Waals surface area contributed by atoms with Gasteiger partial charge in [-0.15, -0.1) is 0 Å². The predicted molar refractivity (Wildman–Crippen MR) is 70.1 cm³/mol. The Morgan fingerprint density at radius 3 is 2.88 bits per heavy atom. The van der Waals surface area contributed by atoms with E-state index in [0.29, 0.717) is 12.1 Å². The van der Waals surface area contributed by atoms with Gasteiger partial charge in [0.15, 0.2) is 0 Å². The zero-order valence-electron chi connectivity index (χ0n) is 10.2. The third-order valence-corrected chi connectivity index (χ3v) is 2.67. The SMILES string of the molecule is C=C(C)CN(C)C(=O)c1cccc2cc[nH]c12. The van der Waals surface area contributed by atoms with E-state index in [9.17, 15) is 4.79 Å². The molecule has 2 rings (SSSR count). The third kappa shape index (κ3) is 2.23.